The summed E-state index contributed by atoms with van der Waals surface area (Å²) >= 11 is 0. The molecule has 0 radical (unpaired) electrons. The number of ether oxygens (including phenoxy) is 1. The van der Waals surface area contributed by atoms with Gasteiger partial charge in [0.2, 0.25) is 0 Å². The first-order valence-electron chi connectivity index (χ1n) is 11.6. The Morgan fingerprint density at radius 3 is 2.68 bits per heavy atom. The zero-order chi connectivity index (χ0) is 23.0. The van der Waals surface area contributed by atoms with Gasteiger partial charge in [0.25, 0.3) is 0 Å². The monoisotopic (exact) mass is 435 g/mol. The molecule has 1 amide bonds. The van der Waals surface area contributed by atoms with Crippen molar-refractivity contribution in [1.82, 2.24) is 30.7 Å². The van der Waals surface area contributed by atoms with Gasteiger partial charge >= 0.3 is 6.09 Å². The standard InChI is InChI=1S/C22H41N7O2/c1-8-10-16(26-21(30)31-22(5,6)7)13-24-20(23-9-2)25-17-11-12-18-27-19(15(3)4)28-29(18)14-17/h15-17H,8-14H2,1-7H3,(H,26,30)(H2,23,24,25). The minimum Gasteiger partial charge on any atom is -0.444 e. The zero-order valence-electron chi connectivity index (χ0n) is 20.3. The lowest BCUT2D eigenvalue weighted by Gasteiger charge is -2.26. The minimum atomic E-state index is -0.517. The molecule has 2 heterocycles. The highest BCUT2D eigenvalue weighted by atomic mass is 16.6. The van der Waals surface area contributed by atoms with Crippen molar-refractivity contribution >= 4 is 12.1 Å². The molecule has 2 rings (SSSR count). The molecular formula is C22H41N7O2. The first-order chi connectivity index (χ1) is 14.6. The van der Waals surface area contributed by atoms with Gasteiger partial charge in [-0.2, -0.15) is 5.10 Å². The number of fused-ring (bicyclic) bond motifs is 1. The molecule has 0 fully saturated rings. The smallest absolute Gasteiger partial charge is 0.407 e. The highest BCUT2D eigenvalue weighted by Crippen LogP contribution is 2.17. The average molecular weight is 436 g/mol. The topological polar surface area (TPSA) is 105 Å². The highest BCUT2D eigenvalue weighted by molar-refractivity contribution is 5.80. The lowest BCUT2D eigenvalue weighted by atomic mass is 10.1. The highest BCUT2D eigenvalue weighted by Gasteiger charge is 2.23. The number of carbonyl (C=O) groups is 1. The van der Waals surface area contributed by atoms with Crippen LogP contribution in [0.3, 0.4) is 0 Å². The van der Waals surface area contributed by atoms with Crippen molar-refractivity contribution in [3.63, 3.8) is 0 Å². The number of nitrogens with one attached hydrogen (secondary N) is 3. The summed E-state index contributed by atoms with van der Waals surface area (Å²) in [5, 5.41) is 14.5. The normalized spacial score (nSPS) is 17.8. The van der Waals surface area contributed by atoms with Crippen molar-refractivity contribution in [1.29, 1.82) is 0 Å². The Kier molecular flexibility index (Phi) is 9.13. The fourth-order valence-corrected chi connectivity index (χ4v) is 3.44. The molecule has 9 nitrogen and oxygen atoms in total. The molecule has 2 atom stereocenters. The van der Waals surface area contributed by atoms with Crippen molar-refractivity contribution in [3.8, 4) is 0 Å². The molecule has 31 heavy (non-hydrogen) atoms. The zero-order valence-corrected chi connectivity index (χ0v) is 20.3. The Morgan fingerprint density at radius 1 is 1.32 bits per heavy atom. The van der Waals surface area contributed by atoms with Crippen LogP contribution in [0.5, 0.6) is 0 Å². The Morgan fingerprint density at radius 2 is 2.06 bits per heavy atom. The van der Waals surface area contributed by atoms with Crippen LogP contribution in [-0.2, 0) is 17.7 Å². The van der Waals surface area contributed by atoms with Crippen LogP contribution in [0.15, 0.2) is 4.99 Å². The summed E-state index contributed by atoms with van der Waals surface area (Å²) in [6.07, 6.45) is 3.28. The predicted molar refractivity (Wildman–Crippen MR) is 123 cm³/mol. The van der Waals surface area contributed by atoms with Gasteiger partial charge in [-0.3, -0.25) is 4.99 Å². The number of hydrogen-bond acceptors (Lipinski definition) is 5. The summed E-state index contributed by atoms with van der Waals surface area (Å²) in [6.45, 7) is 16.0. The third-order valence-corrected chi connectivity index (χ3v) is 4.90. The molecule has 1 aliphatic rings. The number of carbonyl (C=O) groups excluding carboxylic acids is 1. The van der Waals surface area contributed by atoms with Gasteiger partial charge in [0.05, 0.1) is 19.1 Å². The fourth-order valence-electron chi connectivity index (χ4n) is 3.44. The first-order valence-corrected chi connectivity index (χ1v) is 11.6. The number of rotatable bonds is 8. The molecule has 1 aliphatic heterocycles. The van der Waals surface area contributed by atoms with Gasteiger partial charge in [-0.1, -0.05) is 27.2 Å². The van der Waals surface area contributed by atoms with E-state index in [4.69, 9.17) is 9.73 Å². The fraction of sp³-hybridized carbons (Fsp3) is 0.818. The van der Waals surface area contributed by atoms with E-state index in [1.807, 2.05) is 32.4 Å². The van der Waals surface area contributed by atoms with Crippen LogP contribution in [0.1, 0.15) is 85.3 Å². The Hall–Kier alpha value is -2.32. The summed E-state index contributed by atoms with van der Waals surface area (Å²) in [4.78, 5) is 21.6. The molecule has 0 bridgehead atoms. The molecule has 2 unspecified atom stereocenters. The largest absolute Gasteiger partial charge is 0.444 e. The molecule has 3 N–H and O–H groups in total. The van der Waals surface area contributed by atoms with Crippen LogP contribution in [0.2, 0.25) is 0 Å². The van der Waals surface area contributed by atoms with E-state index in [9.17, 15) is 4.79 Å². The molecular weight excluding hydrogens is 394 g/mol. The maximum Gasteiger partial charge on any atom is 0.407 e. The van der Waals surface area contributed by atoms with E-state index in [0.717, 1.165) is 56.4 Å². The lowest BCUT2D eigenvalue weighted by molar-refractivity contribution is 0.0503. The van der Waals surface area contributed by atoms with Crippen molar-refractivity contribution < 1.29 is 9.53 Å². The van der Waals surface area contributed by atoms with Crippen molar-refractivity contribution in [3.05, 3.63) is 11.6 Å². The van der Waals surface area contributed by atoms with Crippen LogP contribution < -0.4 is 16.0 Å². The molecule has 0 saturated carbocycles. The van der Waals surface area contributed by atoms with Crippen LogP contribution in [-0.4, -0.2) is 57.6 Å². The predicted octanol–water partition coefficient (Wildman–Crippen LogP) is 2.96. The number of guanidine groups is 1. The van der Waals surface area contributed by atoms with Crippen LogP contribution >= 0.6 is 0 Å². The van der Waals surface area contributed by atoms with E-state index >= 15 is 0 Å². The average Bonchev–Trinajstić information content (AvgIpc) is 3.08. The van der Waals surface area contributed by atoms with E-state index in [-0.39, 0.29) is 12.1 Å². The summed E-state index contributed by atoms with van der Waals surface area (Å²) in [7, 11) is 0. The van der Waals surface area contributed by atoms with Gasteiger partial charge in [0, 0.05) is 24.9 Å². The molecule has 0 aliphatic carbocycles. The van der Waals surface area contributed by atoms with E-state index in [1.165, 1.54) is 0 Å². The molecule has 0 saturated heterocycles. The Bertz CT molecular complexity index is 737. The maximum absolute atomic E-state index is 12.2. The third kappa shape index (κ3) is 8.38. The molecule has 176 valence electrons. The van der Waals surface area contributed by atoms with Crippen molar-refractivity contribution in [2.45, 2.75) is 104 Å². The van der Waals surface area contributed by atoms with E-state index in [0.29, 0.717) is 12.5 Å². The van der Waals surface area contributed by atoms with E-state index < -0.39 is 11.7 Å². The summed E-state index contributed by atoms with van der Waals surface area (Å²) in [5.74, 6) is 3.06. The first kappa shape index (κ1) is 24.9. The number of hydrogen-bond donors (Lipinski definition) is 3. The van der Waals surface area contributed by atoms with Gasteiger partial charge in [-0.15, -0.1) is 0 Å². The lowest BCUT2D eigenvalue weighted by Crippen LogP contribution is -2.48. The molecule has 9 heteroatoms. The second-order valence-corrected chi connectivity index (χ2v) is 9.45. The van der Waals surface area contributed by atoms with Gasteiger partial charge < -0.3 is 20.7 Å². The summed E-state index contributed by atoms with van der Waals surface area (Å²) in [5.41, 5.74) is -0.517. The number of nitrogens with zero attached hydrogens (tertiary/aromatic N) is 4. The van der Waals surface area contributed by atoms with Crippen molar-refractivity contribution in [2.24, 2.45) is 4.99 Å². The molecule has 0 aromatic carbocycles. The number of aliphatic imine (C=N–C) groups is 1. The number of amides is 1. The Balaban J connectivity index is 1.98. The van der Waals surface area contributed by atoms with E-state index in [1.54, 1.807) is 0 Å². The number of alkyl carbamates (subject to hydrolysis) is 1. The van der Waals surface area contributed by atoms with Gasteiger partial charge in [-0.25, -0.2) is 14.5 Å². The van der Waals surface area contributed by atoms with Gasteiger partial charge in [0.1, 0.15) is 11.4 Å². The number of aromatic nitrogens is 3. The summed E-state index contributed by atoms with van der Waals surface area (Å²) < 4.78 is 7.41. The van der Waals surface area contributed by atoms with Crippen LogP contribution in [0, 0.1) is 0 Å². The van der Waals surface area contributed by atoms with Gasteiger partial charge in [-0.05, 0) is 40.5 Å². The SMILES string of the molecule is CCCC(CN=C(NCC)NC1CCc2nc(C(C)C)nn2C1)NC(=O)OC(C)(C)C. The van der Waals surface area contributed by atoms with Crippen molar-refractivity contribution in [2.75, 3.05) is 13.1 Å². The molecule has 1 aromatic rings. The van der Waals surface area contributed by atoms with Crippen LogP contribution in [0.4, 0.5) is 4.79 Å². The van der Waals surface area contributed by atoms with E-state index in [2.05, 4.69) is 46.8 Å². The maximum atomic E-state index is 12.2. The second-order valence-electron chi connectivity index (χ2n) is 9.45. The van der Waals surface area contributed by atoms with Crippen LogP contribution in [0.25, 0.3) is 0 Å². The minimum absolute atomic E-state index is 0.0721. The quantitative estimate of drug-likeness (QED) is 0.428. The van der Waals surface area contributed by atoms with Gasteiger partial charge in [0.15, 0.2) is 11.8 Å². The molecule has 1 aromatic heterocycles. The molecule has 0 spiro atoms. The second kappa shape index (κ2) is 11.3. The Labute approximate surface area is 186 Å². The third-order valence-electron chi connectivity index (χ3n) is 4.90. The summed E-state index contributed by atoms with van der Waals surface area (Å²) in [6, 6.07) is 0.160. The number of aryl methyl sites for hydroxylation is 1.